The molecule has 0 aromatic heterocycles. The third kappa shape index (κ3) is 3.32. The number of benzene rings is 1. The maximum Gasteiger partial charge on any atom is 0.230 e. The number of ketones is 1. The van der Waals surface area contributed by atoms with Crippen molar-refractivity contribution in [3.63, 3.8) is 0 Å². The van der Waals surface area contributed by atoms with Crippen molar-refractivity contribution in [2.45, 2.75) is 32.6 Å². The van der Waals surface area contributed by atoms with Crippen molar-refractivity contribution in [2.24, 2.45) is 5.92 Å². The van der Waals surface area contributed by atoms with Crippen LogP contribution in [-0.2, 0) is 16.0 Å². The van der Waals surface area contributed by atoms with E-state index in [0.29, 0.717) is 18.4 Å². The van der Waals surface area contributed by atoms with Crippen LogP contribution in [0.4, 0.5) is 4.39 Å². The van der Waals surface area contributed by atoms with Gasteiger partial charge in [-0.15, -0.1) is 0 Å². The van der Waals surface area contributed by atoms with Gasteiger partial charge in [0.1, 0.15) is 0 Å². The molecule has 0 spiro atoms. The van der Waals surface area contributed by atoms with Gasteiger partial charge in [-0.05, 0) is 30.5 Å². The Morgan fingerprint density at radius 2 is 2.14 bits per heavy atom. The van der Waals surface area contributed by atoms with Crippen LogP contribution in [0.5, 0.6) is 5.75 Å². The Morgan fingerprint density at radius 1 is 1.41 bits per heavy atom. The molecule has 1 aliphatic rings. The molecule has 2 rings (SSSR count). The van der Waals surface area contributed by atoms with Crippen molar-refractivity contribution >= 4 is 17.6 Å². The molecule has 1 fully saturated rings. The molecule has 5 nitrogen and oxygen atoms in total. The molecular formula is C16H18FNO4. The van der Waals surface area contributed by atoms with E-state index in [0.717, 1.165) is 6.07 Å². The first kappa shape index (κ1) is 16.1. The number of hydrogen-bond acceptors (Lipinski definition) is 4. The van der Waals surface area contributed by atoms with Gasteiger partial charge in [0.15, 0.2) is 17.3 Å². The summed E-state index contributed by atoms with van der Waals surface area (Å²) in [6.45, 7) is 1.86. The topological polar surface area (TPSA) is 72.5 Å². The predicted octanol–water partition coefficient (Wildman–Crippen LogP) is 2.02. The van der Waals surface area contributed by atoms with E-state index in [4.69, 9.17) is 4.74 Å². The molecule has 1 heterocycles. The van der Waals surface area contributed by atoms with Gasteiger partial charge in [-0.1, -0.05) is 6.92 Å². The largest absolute Gasteiger partial charge is 0.494 e. The number of piperidine rings is 1. The van der Waals surface area contributed by atoms with Crippen LogP contribution in [0.1, 0.15) is 42.1 Å². The first-order chi connectivity index (χ1) is 10.5. The molecule has 22 heavy (non-hydrogen) atoms. The minimum Gasteiger partial charge on any atom is -0.494 e. The van der Waals surface area contributed by atoms with E-state index in [-0.39, 0.29) is 35.8 Å². The van der Waals surface area contributed by atoms with Gasteiger partial charge in [-0.2, -0.15) is 0 Å². The fourth-order valence-electron chi connectivity index (χ4n) is 2.57. The lowest BCUT2D eigenvalue weighted by Crippen LogP contribution is -2.41. The summed E-state index contributed by atoms with van der Waals surface area (Å²) in [6.07, 6.45) is 1.09. The van der Waals surface area contributed by atoms with Crippen molar-refractivity contribution in [1.82, 2.24) is 5.32 Å². The van der Waals surface area contributed by atoms with E-state index in [1.54, 1.807) is 0 Å². The van der Waals surface area contributed by atoms with E-state index in [1.807, 2.05) is 6.92 Å². The summed E-state index contributed by atoms with van der Waals surface area (Å²) in [7, 11) is 1.36. The number of aryl methyl sites for hydroxylation is 1. The van der Waals surface area contributed by atoms with E-state index < -0.39 is 17.6 Å². The minimum absolute atomic E-state index is 0.0299. The number of nitrogens with one attached hydrogen (secondary N) is 1. The Kier molecular flexibility index (Phi) is 4.90. The fourth-order valence-corrected chi connectivity index (χ4v) is 2.57. The maximum absolute atomic E-state index is 13.8. The van der Waals surface area contributed by atoms with Crippen LogP contribution in [-0.4, -0.2) is 24.7 Å². The quantitative estimate of drug-likeness (QED) is 0.667. The Bertz CT molecular complexity index is 627. The number of Topliss-reactive ketones (excluding diaryl/α,β-unsaturated/α-hetero) is 1. The van der Waals surface area contributed by atoms with Crippen LogP contribution in [0.2, 0.25) is 0 Å². The minimum atomic E-state index is -0.605. The molecule has 1 unspecified atom stereocenters. The van der Waals surface area contributed by atoms with Gasteiger partial charge < -0.3 is 4.74 Å². The second-order valence-corrected chi connectivity index (χ2v) is 5.27. The van der Waals surface area contributed by atoms with E-state index in [2.05, 4.69) is 5.32 Å². The molecule has 0 radical (unpaired) electrons. The zero-order valence-corrected chi connectivity index (χ0v) is 12.6. The number of carbonyl (C=O) groups excluding carboxylic acids is 3. The van der Waals surface area contributed by atoms with Crippen molar-refractivity contribution in [2.75, 3.05) is 7.11 Å². The van der Waals surface area contributed by atoms with E-state index >= 15 is 0 Å². The molecule has 6 heteroatoms. The van der Waals surface area contributed by atoms with Gasteiger partial charge in [0.2, 0.25) is 11.8 Å². The zero-order valence-electron chi connectivity index (χ0n) is 12.6. The smallest absolute Gasteiger partial charge is 0.230 e. The van der Waals surface area contributed by atoms with Gasteiger partial charge >= 0.3 is 0 Å². The number of ether oxygens (including phenoxy) is 1. The van der Waals surface area contributed by atoms with Crippen LogP contribution >= 0.6 is 0 Å². The van der Waals surface area contributed by atoms with Gasteiger partial charge in [0.25, 0.3) is 0 Å². The van der Waals surface area contributed by atoms with Crippen molar-refractivity contribution in [3.05, 3.63) is 29.1 Å². The Labute approximate surface area is 127 Å². The summed E-state index contributed by atoms with van der Waals surface area (Å²) in [4.78, 5) is 35.2. The first-order valence-corrected chi connectivity index (χ1v) is 7.19. The summed E-state index contributed by atoms with van der Waals surface area (Å²) in [5.41, 5.74) is 0.945. The van der Waals surface area contributed by atoms with Gasteiger partial charge in [0.05, 0.1) is 7.11 Å². The summed E-state index contributed by atoms with van der Waals surface area (Å²) in [5, 5.41) is 2.22. The zero-order chi connectivity index (χ0) is 16.3. The predicted molar refractivity (Wildman–Crippen MR) is 77.2 cm³/mol. The molecule has 1 N–H and O–H groups in total. The molecule has 1 atom stereocenters. The van der Waals surface area contributed by atoms with Crippen molar-refractivity contribution in [3.8, 4) is 5.75 Å². The highest BCUT2D eigenvalue weighted by atomic mass is 19.1. The number of methoxy groups -OCH3 is 1. The van der Waals surface area contributed by atoms with Crippen LogP contribution in [0, 0.1) is 11.7 Å². The van der Waals surface area contributed by atoms with E-state index in [1.165, 1.54) is 13.2 Å². The summed E-state index contributed by atoms with van der Waals surface area (Å²) < 4.78 is 18.7. The van der Waals surface area contributed by atoms with Crippen molar-refractivity contribution < 1.29 is 23.5 Å². The van der Waals surface area contributed by atoms with Crippen LogP contribution in [0.15, 0.2) is 12.1 Å². The third-order valence-electron chi connectivity index (χ3n) is 3.84. The molecule has 118 valence electrons. The Balaban J connectivity index is 2.20. The van der Waals surface area contributed by atoms with Crippen LogP contribution in [0.25, 0.3) is 0 Å². The molecule has 0 aliphatic carbocycles. The lowest BCUT2D eigenvalue weighted by atomic mass is 9.89. The fraction of sp³-hybridized carbons (Fsp3) is 0.438. The number of rotatable bonds is 5. The molecule has 1 saturated heterocycles. The highest BCUT2D eigenvalue weighted by Crippen LogP contribution is 2.26. The third-order valence-corrected chi connectivity index (χ3v) is 3.84. The van der Waals surface area contributed by atoms with Crippen LogP contribution in [0.3, 0.4) is 0 Å². The SMILES string of the molecule is CCc1cc(OC)c(F)cc1C(=O)CC1CCC(=O)NC1=O. The number of carbonyl (C=O) groups is 3. The maximum atomic E-state index is 13.8. The monoisotopic (exact) mass is 307 g/mol. The molecule has 2 amide bonds. The summed E-state index contributed by atoms with van der Waals surface area (Å²) >= 11 is 0. The van der Waals surface area contributed by atoms with Gasteiger partial charge in [-0.25, -0.2) is 4.39 Å². The van der Waals surface area contributed by atoms with Gasteiger partial charge in [0, 0.05) is 24.3 Å². The number of amides is 2. The van der Waals surface area contributed by atoms with Crippen LogP contribution < -0.4 is 10.1 Å². The second-order valence-electron chi connectivity index (χ2n) is 5.27. The molecular weight excluding hydrogens is 289 g/mol. The number of halogens is 1. The molecule has 1 aromatic carbocycles. The van der Waals surface area contributed by atoms with E-state index in [9.17, 15) is 18.8 Å². The molecule has 1 aromatic rings. The molecule has 1 aliphatic heterocycles. The Hall–Kier alpha value is -2.24. The average Bonchev–Trinajstić information content (AvgIpc) is 2.49. The highest BCUT2D eigenvalue weighted by molar-refractivity contribution is 6.03. The summed E-state index contributed by atoms with van der Waals surface area (Å²) in [6, 6.07) is 2.67. The molecule has 0 bridgehead atoms. The lowest BCUT2D eigenvalue weighted by Gasteiger charge is -2.20. The standard InChI is InChI=1S/C16H18FNO4/c1-3-9-7-14(22-2)12(17)8-11(9)13(19)6-10-4-5-15(20)18-16(10)21/h7-8,10H,3-6H2,1-2H3,(H,18,20,21). The lowest BCUT2D eigenvalue weighted by molar-refractivity contribution is -0.136. The number of imide groups is 1. The average molecular weight is 307 g/mol. The highest BCUT2D eigenvalue weighted by Gasteiger charge is 2.29. The normalized spacial score (nSPS) is 18.0. The number of hydrogen-bond donors (Lipinski definition) is 1. The Morgan fingerprint density at radius 3 is 2.73 bits per heavy atom. The second kappa shape index (κ2) is 6.68. The summed E-state index contributed by atoms with van der Waals surface area (Å²) in [5.74, 6) is -2.11. The van der Waals surface area contributed by atoms with Crippen molar-refractivity contribution in [1.29, 1.82) is 0 Å². The van der Waals surface area contributed by atoms with Gasteiger partial charge in [-0.3, -0.25) is 19.7 Å². The molecule has 0 saturated carbocycles. The first-order valence-electron chi connectivity index (χ1n) is 7.19.